The van der Waals surface area contributed by atoms with Crippen molar-refractivity contribution in [3.05, 3.63) is 21.9 Å². The summed E-state index contributed by atoms with van der Waals surface area (Å²) in [6.45, 7) is 1.56. The highest BCUT2D eigenvalue weighted by Crippen LogP contribution is 2.40. The number of nitrogens with two attached hydrogens (primary N) is 1. The molecule has 17 heavy (non-hydrogen) atoms. The van der Waals surface area contributed by atoms with Crippen molar-refractivity contribution >= 4 is 29.0 Å². The fourth-order valence-electron chi connectivity index (χ4n) is 2.50. The molecule has 0 spiro atoms. The van der Waals surface area contributed by atoms with Gasteiger partial charge in [0.25, 0.3) is 0 Å². The normalized spacial score (nSPS) is 28.2. The summed E-state index contributed by atoms with van der Waals surface area (Å²) in [6.07, 6.45) is 2.06. The molecule has 0 aliphatic carbocycles. The number of amides is 1. The van der Waals surface area contributed by atoms with Crippen molar-refractivity contribution in [2.75, 3.05) is 18.8 Å². The molecule has 2 atom stereocenters. The van der Waals surface area contributed by atoms with Crippen molar-refractivity contribution in [3.63, 3.8) is 0 Å². The molecule has 2 aliphatic heterocycles. The molecule has 1 saturated heterocycles. The van der Waals surface area contributed by atoms with E-state index >= 15 is 0 Å². The van der Waals surface area contributed by atoms with Gasteiger partial charge in [0.1, 0.15) is 5.25 Å². The smallest absolute Gasteiger partial charge is 0.240 e. The second-order valence-electron chi connectivity index (χ2n) is 4.63. The molecule has 1 unspecified atom stereocenters. The van der Waals surface area contributed by atoms with E-state index in [4.69, 9.17) is 5.73 Å². The Kier molecular flexibility index (Phi) is 3.15. The third-order valence-corrected chi connectivity index (χ3v) is 5.66. The van der Waals surface area contributed by atoms with Gasteiger partial charge >= 0.3 is 0 Å². The fourth-order valence-corrected chi connectivity index (χ4v) is 4.88. The molecule has 1 aromatic heterocycles. The molecular formula is C12H16N2OS2. The van der Waals surface area contributed by atoms with Gasteiger partial charge in [-0.2, -0.15) is 0 Å². The minimum Gasteiger partial charge on any atom is -0.340 e. The first-order valence-electron chi connectivity index (χ1n) is 5.98. The second-order valence-corrected chi connectivity index (χ2v) is 6.85. The average molecular weight is 268 g/mol. The molecule has 5 heteroatoms. The zero-order chi connectivity index (χ0) is 11.8. The number of aryl methyl sites for hydroxylation is 1. The maximum Gasteiger partial charge on any atom is 0.240 e. The van der Waals surface area contributed by atoms with Gasteiger partial charge in [0.05, 0.1) is 0 Å². The van der Waals surface area contributed by atoms with Crippen LogP contribution in [0.5, 0.6) is 0 Å². The first kappa shape index (κ1) is 11.6. The van der Waals surface area contributed by atoms with E-state index < -0.39 is 0 Å². The average Bonchev–Trinajstić information content (AvgIpc) is 2.95. The first-order chi connectivity index (χ1) is 8.25. The summed E-state index contributed by atoms with van der Waals surface area (Å²) in [6, 6.07) is 2.29. The molecular weight excluding hydrogens is 252 g/mol. The Hall–Kier alpha value is -0.520. The Balaban J connectivity index is 1.80. The lowest BCUT2D eigenvalue weighted by Gasteiger charge is -2.26. The van der Waals surface area contributed by atoms with Crippen molar-refractivity contribution in [2.45, 2.75) is 24.1 Å². The molecule has 0 bridgehead atoms. The van der Waals surface area contributed by atoms with Gasteiger partial charge < -0.3 is 10.6 Å². The van der Waals surface area contributed by atoms with Crippen LogP contribution >= 0.6 is 23.1 Å². The van der Waals surface area contributed by atoms with E-state index in [0.29, 0.717) is 0 Å². The Morgan fingerprint density at radius 2 is 2.41 bits per heavy atom. The van der Waals surface area contributed by atoms with Crippen molar-refractivity contribution in [1.29, 1.82) is 0 Å². The molecule has 2 N–H and O–H groups in total. The van der Waals surface area contributed by atoms with E-state index in [1.165, 1.54) is 10.4 Å². The van der Waals surface area contributed by atoms with Gasteiger partial charge in [0, 0.05) is 24.0 Å². The fraction of sp³-hybridized carbons (Fsp3) is 0.583. The van der Waals surface area contributed by atoms with E-state index in [2.05, 4.69) is 11.4 Å². The highest BCUT2D eigenvalue weighted by atomic mass is 32.2. The van der Waals surface area contributed by atoms with E-state index in [0.717, 1.165) is 31.7 Å². The van der Waals surface area contributed by atoms with E-state index in [-0.39, 0.29) is 17.2 Å². The summed E-state index contributed by atoms with van der Waals surface area (Å²) in [7, 11) is 0. The highest BCUT2D eigenvalue weighted by Gasteiger charge is 2.33. The summed E-state index contributed by atoms with van der Waals surface area (Å²) in [5.41, 5.74) is 7.12. The number of carbonyl (C=O) groups is 1. The number of hydrogen-bond donors (Lipinski definition) is 1. The molecule has 1 amide bonds. The monoisotopic (exact) mass is 268 g/mol. The summed E-state index contributed by atoms with van der Waals surface area (Å²) >= 11 is 3.56. The van der Waals surface area contributed by atoms with Crippen LogP contribution in [0, 0.1) is 0 Å². The summed E-state index contributed by atoms with van der Waals surface area (Å²) in [4.78, 5) is 15.8. The maximum atomic E-state index is 12.5. The highest BCUT2D eigenvalue weighted by molar-refractivity contribution is 8.00. The van der Waals surface area contributed by atoms with Crippen LogP contribution in [0.15, 0.2) is 11.4 Å². The van der Waals surface area contributed by atoms with Gasteiger partial charge in [-0.05, 0) is 35.6 Å². The van der Waals surface area contributed by atoms with Gasteiger partial charge in [-0.3, -0.25) is 4.79 Å². The van der Waals surface area contributed by atoms with Crippen LogP contribution in [0.4, 0.5) is 0 Å². The largest absolute Gasteiger partial charge is 0.340 e. The molecule has 3 heterocycles. The van der Waals surface area contributed by atoms with Gasteiger partial charge in [-0.25, -0.2) is 0 Å². The molecule has 3 nitrogen and oxygen atoms in total. The van der Waals surface area contributed by atoms with Crippen LogP contribution in [0.2, 0.25) is 0 Å². The van der Waals surface area contributed by atoms with Crippen LogP contribution in [0.1, 0.15) is 22.1 Å². The number of fused-ring (bicyclic) bond motifs is 1. The SMILES string of the molecule is N[C@@H]1CCN(C(=O)C2SCCc3sccc32)C1. The predicted octanol–water partition coefficient (Wildman–Crippen LogP) is 1.64. The third-order valence-electron chi connectivity index (χ3n) is 3.44. The minimum absolute atomic E-state index is 0.0234. The maximum absolute atomic E-state index is 12.5. The molecule has 0 radical (unpaired) electrons. The molecule has 3 rings (SSSR count). The van der Waals surface area contributed by atoms with Gasteiger partial charge in [-0.1, -0.05) is 0 Å². The van der Waals surface area contributed by atoms with Crippen molar-refractivity contribution in [2.24, 2.45) is 5.73 Å². The van der Waals surface area contributed by atoms with Crippen molar-refractivity contribution < 1.29 is 4.79 Å². The Labute approximate surface area is 109 Å². The number of hydrogen-bond acceptors (Lipinski definition) is 4. The zero-order valence-corrected chi connectivity index (χ0v) is 11.2. The van der Waals surface area contributed by atoms with Crippen molar-refractivity contribution in [3.8, 4) is 0 Å². The van der Waals surface area contributed by atoms with Crippen LogP contribution in [-0.2, 0) is 11.2 Å². The number of thiophene rings is 1. The molecule has 1 aromatic rings. The minimum atomic E-state index is 0.0234. The molecule has 0 aromatic carbocycles. The topological polar surface area (TPSA) is 46.3 Å². The lowest BCUT2D eigenvalue weighted by molar-refractivity contribution is -0.129. The number of carbonyl (C=O) groups excluding carboxylic acids is 1. The number of thioether (sulfide) groups is 1. The van der Waals surface area contributed by atoms with E-state index in [1.54, 1.807) is 23.1 Å². The zero-order valence-electron chi connectivity index (χ0n) is 9.59. The Morgan fingerprint density at radius 1 is 1.53 bits per heavy atom. The molecule has 92 valence electrons. The molecule has 0 saturated carbocycles. The summed E-state index contributed by atoms with van der Waals surface area (Å²) < 4.78 is 0. The van der Waals surface area contributed by atoms with Gasteiger partial charge in [0.15, 0.2) is 0 Å². The van der Waals surface area contributed by atoms with Gasteiger partial charge in [0.2, 0.25) is 5.91 Å². The molecule has 1 fully saturated rings. The summed E-state index contributed by atoms with van der Waals surface area (Å²) in [5.74, 6) is 1.33. The van der Waals surface area contributed by atoms with Crippen LogP contribution in [-0.4, -0.2) is 35.7 Å². The first-order valence-corrected chi connectivity index (χ1v) is 7.91. The Bertz CT molecular complexity index is 432. The van der Waals surface area contributed by atoms with E-state index in [9.17, 15) is 4.79 Å². The standard InChI is InChI=1S/C12H16N2OS2/c13-8-1-4-14(7-8)12(15)11-9-2-5-16-10(9)3-6-17-11/h2,5,8,11H,1,3-4,6-7,13H2/t8-,11?/m1/s1. The van der Waals surface area contributed by atoms with Gasteiger partial charge in [-0.15, -0.1) is 23.1 Å². The number of nitrogens with zero attached hydrogens (tertiary/aromatic N) is 1. The van der Waals surface area contributed by atoms with E-state index in [1.807, 2.05) is 4.90 Å². The van der Waals surface area contributed by atoms with Crippen LogP contribution in [0.3, 0.4) is 0 Å². The van der Waals surface area contributed by atoms with Crippen molar-refractivity contribution in [1.82, 2.24) is 4.90 Å². The lowest BCUT2D eigenvalue weighted by atomic mass is 10.1. The van der Waals surface area contributed by atoms with Crippen LogP contribution < -0.4 is 5.73 Å². The molecule has 2 aliphatic rings. The predicted molar refractivity (Wildman–Crippen MR) is 72.4 cm³/mol. The number of rotatable bonds is 1. The van der Waals surface area contributed by atoms with Crippen LogP contribution in [0.25, 0.3) is 0 Å². The second kappa shape index (κ2) is 4.63. The summed E-state index contributed by atoms with van der Waals surface area (Å²) in [5, 5.41) is 2.13. The Morgan fingerprint density at radius 3 is 3.18 bits per heavy atom. The number of likely N-dealkylation sites (tertiary alicyclic amines) is 1. The lowest BCUT2D eigenvalue weighted by Crippen LogP contribution is -2.35. The third kappa shape index (κ3) is 2.11. The quantitative estimate of drug-likeness (QED) is 0.842.